The standard InChI is InChI=1S/C36H66O11/c1-3-5-7-9-34-11-12-36(35(33-34)10-8-6-4-2)47-32-31-46-30-29-45-28-27-44-26-25-43-24-23-42-22-21-41-20-19-40-18-17-39-16-15-38-14-13-37/h11-12,33,37H,3-10,13-32H2,1-2H3. The van der Waals surface area contributed by atoms with Gasteiger partial charge >= 0.3 is 0 Å². The Hall–Kier alpha value is -1.38. The van der Waals surface area contributed by atoms with Crippen LogP contribution in [0.25, 0.3) is 0 Å². The van der Waals surface area contributed by atoms with E-state index in [0.717, 1.165) is 18.6 Å². The minimum absolute atomic E-state index is 0.0280. The number of aliphatic hydroxyl groups excluding tert-OH is 1. The molecule has 0 atom stereocenters. The smallest absolute Gasteiger partial charge is 0.122 e. The molecule has 0 fully saturated rings. The average Bonchev–Trinajstić information content (AvgIpc) is 3.08. The summed E-state index contributed by atoms with van der Waals surface area (Å²) in [5, 5.41) is 8.59. The summed E-state index contributed by atoms with van der Waals surface area (Å²) in [4.78, 5) is 0. The molecule has 1 aromatic carbocycles. The number of benzene rings is 1. The minimum atomic E-state index is 0.0280. The molecular weight excluding hydrogens is 608 g/mol. The molecule has 0 aliphatic rings. The third-order valence-electron chi connectivity index (χ3n) is 6.94. The van der Waals surface area contributed by atoms with Crippen molar-refractivity contribution in [1.82, 2.24) is 0 Å². The van der Waals surface area contributed by atoms with Crippen LogP contribution in [0.5, 0.6) is 5.75 Å². The molecule has 0 saturated carbocycles. The van der Waals surface area contributed by atoms with Crippen molar-refractivity contribution in [2.75, 3.05) is 132 Å². The van der Waals surface area contributed by atoms with E-state index in [9.17, 15) is 0 Å². The fourth-order valence-electron chi connectivity index (χ4n) is 4.41. The van der Waals surface area contributed by atoms with Gasteiger partial charge in [0.1, 0.15) is 12.4 Å². The minimum Gasteiger partial charge on any atom is -0.491 e. The van der Waals surface area contributed by atoms with E-state index in [1.807, 2.05) is 0 Å². The predicted molar refractivity (Wildman–Crippen MR) is 183 cm³/mol. The van der Waals surface area contributed by atoms with Gasteiger partial charge in [-0.2, -0.15) is 0 Å². The van der Waals surface area contributed by atoms with Gasteiger partial charge in [0.25, 0.3) is 0 Å². The summed E-state index contributed by atoms with van der Waals surface area (Å²) in [5.74, 6) is 0.995. The van der Waals surface area contributed by atoms with Gasteiger partial charge in [0.15, 0.2) is 0 Å². The largest absolute Gasteiger partial charge is 0.491 e. The second kappa shape index (κ2) is 35.9. The molecule has 11 heteroatoms. The van der Waals surface area contributed by atoms with Crippen molar-refractivity contribution in [2.45, 2.75) is 65.2 Å². The molecule has 0 unspecified atom stereocenters. The lowest BCUT2D eigenvalue weighted by atomic mass is 10.0. The third kappa shape index (κ3) is 29.3. The lowest BCUT2D eigenvalue weighted by molar-refractivity contribution is -0.0258. The summed E-state index contributed by atoms with van der Waals surface area (Å²) in [7, 11) is 0. The zero-order valence-electron chi connectivity index (χ0n) is 29.6. The van der Waals surface area contributed by atoms with Crippen LogP contribution in [0.3, 0.4) is 0 Å². The maximum atomic E-state index is 8.59. The van der Waals surface area contributed by atoms with Crippen molar-refractivity contribution in [3.05, 3.63) is 29.3 Å². The fraction of sp³-hybridized carbons (Fsp3) is 0.833. The monoisotopic (exact) mass is 674 g/mol. The summed E-state index contributed by atoms with van der Waals surface area (Å²) < 4.78 is 55.2. The van der Waals surface area contributed by atoms with Gasteiger partial charge in [0.05, 0.1) is 126 Å². The Balaban J connectivity index is 1.84. The fourth-order valence-corrected chi connectivity index (χ4v) is 4.41. The van der Waals surface area contributed by atoms with E-state index in [-0.39, 0.29) is 6.61 Å². The van der Waals surface area contributed by atoms with Crippen LogP contribution in [0.4, 0.5) is 0 Å². The Morgan fingerprint density at radius 1 is 0.426 bits per heavy atom. The van der Waals surface area contributed by atoms with Crippen LogP contribution in [-0.4, -0.2) is 137 Å². The molecule has 47 heavy (non-hydrogen) atoms. The third-order valence-corrected chi connectivity index (χ3v) is 6.94. The predicted octanol–water partition coefficient (Wildman–Crippen LogP) is 4.67. The summed E-state index contributed by atoms with van der Waals surface area (Å²) in [5.41, 5.74) is 2.74. The number of rotatable bonds is 38. The zero-order valence-corrected chi connectivity index (χ0v) is 29.6. The number of unbranched alkanes of at least 4 members (excludes halogenated alkanes) is 4. The highest BCUT2D eigenvalue weighted by molar-refractivity contribution is 5.37. The molecule has 0 bridgehead atoms. The van der Waals surface area contributed by atoms with Crippen LogP contribution in [0.15, 0.2) is 18.2 Å². The van der Waals surface area contributed by atoms with Crippen molar-refractivity contribution in [1.29, 1.82) is 0 Å². The van der Waals surface area contributed by atoms with Crippen LogP contribution < -0.4 is 4.74 Å². The number of aliphatic hydroxyl groups is 1. The van der Waals surface area contributed by atoms with Gasteiger partial charge in [-0.3, -0.25) is 0 Å². The summed E-state index contributed by atoms with van der Waals surface area (Å²) in [6, 6.07) is 6.70. The second-order valence-corrected chi connectivity index (χ2v) is 10.9. The lowest BCUT2D eigenvalue weighted by Crippen LogP contribution is -2.15. The normalized spacial score (nSPS) is 11.5. The molecule has 11 nitrogen and oxygen atoms in total. The lowest BCUT2D eigenvalue weighted by Gasteiger charge is -2.14. The van der Waals surface area contributed by atoms with E-state index >= 15 is 0 Å². The molecule has 0 aromatic heterocycles. The first-order valence-electron chi connectivity index (χ1n) is 17.9. The molecule has 276 valence electrons. The summed E-state index contributed by atoms with van der Waals surface area (Å²) in [6.07, 6.45) is 9.66. The first kappa shape index (κ1) is 43.6. The van der Waals surface area contributed by atoms with Gasteiger partial charge in [-0.05, 0) is 42.9 Å². The van der Waals surface area contributed by atoms with Crippen LogP contribution in [-0.2, 0) is 55.5 Å². The Bertz CT molecular complexity index is 768. The summed E-state index contributed by atoms with van der Waals surface area (Å²) in [6.45, 7) is 14.1. The van der Waals surface area contributed by atoms with E-state index in [1.54, 1.807) is 0 Å². The molecule has 1 rings (SSSR count). The zero-order chi connectivity index (χ0) is 33.7. The van der Waals surface area contributed by atoms with Gasteiger partial charge in [-0.25, -0.2) is 0 Å². The molecule has 0 saturated heterocycles. The maximum absolute atomic E-state index is 8.59. The van der Waals surface area contributed by atoms with Crippen molar-refractivity contribution < 1.29 is 52.5 Å². The molecular formula is C36H66O11. The Morgan fingerprint density at radius 3 is 1.17 bits per heavy atom. The average molecular weight is 675 g/mol. The van der Waals surface area contributed by atoms with Crippen LogP contribution >= 0.6 is 0 Å². The first-order valence-corrected chi connectivity index (χ1v) is 17.9. The van der Waals surface area contributed by atoms with E-state index in [4.69, 9.17) is 52.5 Å². The second-order valence-electron chi connectivity index (χ2n) is 10.9. The first-order chi connectivity index (χ1) is 23.3. The van der Waals surface area contributed by atoms with E-state index in [2.05, 4.69) is 32.0 Å². The van der Waals surface area contributed by atoms with Crippen LogP contribution in [0, 0.1) is 0 Å². The molecule has 0 aliphatic carbocycles. The number of ether oxygens (including phenoxy) is 10. The molecule has 1 N–H and O–H groups in total. The van der Waals surface area contributed by atoms with Crippen LogP contribution in [0.2, 0.25) is 0 Å². The molecule has 0 aliphatic heterocycles. The SMILES string of the molecule is CCCCCc1ccc(OCCOCCOCCOCCOCCOCCOCCOCCOCCOCCO)c(CCCCC)c1. The number of hydrogen-bond acceptors (Lipinski definition) is 11. The van der Waals surface area contributed by atoms with Crippen LogP contribution in [0.1, 0.15) is 63.5 Å². The van der Waals surface area contributed by atoms with Gasteiger partial charge in [-0.1, -0.05) is 51.7 Å². The molecule has 0 heterocycles. The van der Waals surface area contributed by atoms with E-state index in [1.165, 1.54) is 49.7 Å². The Kier molecular flexibility index (Phi) is 33.3. The van der Waals surface area contributed by atoms with Gasteiger partial charge < -0.3 is 52.5 Å². The highest BCUT2D eigenvalue weighted by atomic mass is 16.6. The topological polar surface area (TPSA) is 113 Å². The van der Waals surface area contributed by atoms with Gasteiger partial charge in [0, 0.05) is 0 Å². The Morgan fingerprint density at radius 2 is 0.787 bits per heavy atom. The number of aryl methyl sites for hydroxylation is 2. The molecule has 0 spiro atoms. The Labute approximate surface area is 284 Å². The molecule has 1 aromatic rings. The van der Waals surface area contributed by atoms with Crippen molar-refractivity contribution in [3.63, 3.8) is 0 Å². The van der Waals surface area contributed by atoms with Gasteiger partial charge in [-0.15, -0.1) is 0 Å². The maximum Gasteiger partial charge on any atom is 0.122 e. The van der Waals surface area contributed by atoms with Crippen molar-refractivity contribution in [2.24, 2.45) is 0 Å². The van der Waals surface area contributed by atoms with Crippen molar-refractivity contribution >= 4 is 0 Å². The summed E-state index contributed by atoms with van der Waals surface area (Å²) >= 11 is 0. The number of hydrogen-bond donors (Lipinski definition) is 1. The highest BCUT2D eigenvalue weighted by Gasteiger charge is 2.06. The van der Waals surface area contributed by atoms with Gasteiger partial charge in [0.2, 0.25) is 0 Å². The van der Waals surface area contributed by atoms with E-state index < -0.39 is 0 Å². The molecule has 0 radical (unpaired) electrons. The highest BCUT2D eigenvalue weighted by Crippen LogP contribution is 2.24. The van der Waals surface area contributed by atoms with E-state index in [0.29, 0.717) is 126 Å². The molecule has 0 amide bonds. The van der Waals surface area contributed by atoms with Crippen molar-refractivity contribution in [3.8, 4) is 5.75 Å². The quantitative estimate of drug-likeness (QED) is 0.0988.